The molecule has 34 heavy (non-hydrogen) atoms. The van der Waals surface area contributed by atoms with E-state index in [4.69, 9.17) is 4.74 Å². The van der Waals surface area contributed by atoms with Gasteiger partial charge in [0.2, 0.25) is 5.85 Å². The molecular weight excluding hydrogens is 459 g/mol. The highest BCUT2D eigenvalue weighted by Gasteiger charge is 2.39. The van der Waals surface area contributed by atoms with Crippen LogP contribution >= 0.6 is 7.26 Å². The first-order valence-corrected chi connectivity index (χ1v) is 17.3. The summed E-state index contributed by atoms with van der Waals surface area (Å²) in [5.74, 6) is -0.191. The maximum absolute atomic E-state index is 11.7. The quantitative estimate of drug-likeness (QED) is 0.0539. The molecule has 0 aromatic rings. The fourth-order valence-corrected chi connectivity index (χ4v) is 8.01. The summed E-state index contributed by atoms with van der Waals surface area (Å²) in [7, 11) is -1.23. The molecule has 0 rings (SSSR count). The molecule has 0 amide bonds. The van der Waals surface area contributed by atoms with Crippen LogP contribution in [0.2, 0.25) is 0 Å². The molecular formula is C30H60ClO2P. The van der Waals surface area contributed by atoms with Gasteiger partial charge in [0, 0.05) is 13.0 Å². The van der Waals surface area contributed by atoms with Crippen LogP contribution in [-0.2, 0) is 9.53 Å². The second-order valence-corrected chi connectivity index (χ2v) is 15.1. The van der Waals surface area contributed by atoms with Gasteiger partial charge < -0.3 is 17.1 Å². The summed E-state index contributed by atoms with van der Waals surface area (Å²) in [6.45, 7) is 12.6. The van der Waals surface area contributed by atoms with E-state index in [-0.39, 0.29) is 24.2 Å². The molecule has 0 aromatic carbocycles. The van der Waals surface area contributed by atoms with E-state index >= 15 is 0 Å². The van der Waals surface area contributed by atoms with Gasteiger partial charge in [0.05, 0.1) is 26.3 Å². The third kappa shape index (κ3) is 21.2. The zero-order valence-corrected chi connectivity index (χ0v) is 25.2. The van der Waals surface area contributed by atoms with Gasteiger partial charge in [-0.25, -0.2) is 4.79 Å². The Hall–Kier alpha value is -0.0700. The van der Waals surface area contributed by atoms with Crippen molar-refractivity contribution >= 4 is 13.2 Å². The predicted octanol–water partition coefficient (Wildman–Crippen LogP) is 7.55. The molecule has 2 unspecified atom stereocenters. The van der Waals surface area contributed by atoms with Gasteiger partial charge in [-0.2, -0.15) is 0 Å². The van der Waals surface area contributed by atoms with E-state index in [2.05, 4.69) is 34.0 Å². The van der Waals surface area contributed by atoms with E-state index in [1.54, 1.807) is 0 Å². The number of carbonyl (C=O) groups is 1. The highest BCUT2D eigenvalue weighted by molar-refractivity contribution is 7.75. The fourth-order valence-electron chi connectivity index (χ4n) is 4.71. The molecule has 4 heteroatoms. The molecule has 0 radical (unpaired) electrons. The molecule has 0 saturated carbocycles. The molecule has 0 N–H and O–H groups in total. The maximum Gasteiger partial charge on any atom is 0.333 e. The van der Waals surface area contributed by atoms with Crippen LogP contribution in [0.15, 0.2) is 12.7 Å². The van der Waals surface area contributed by atoms with Gasteiger partial charge >= 0.3 is 5.97 Å². The molecule has 2 nitrogen and oxygen atoms in total. The number of ether oxygens (including phenoxy) is 1. The topological polar surface area (TPSA) is 26.3 Å². The minimum atomic E-state index is -1.23. The summed E-state index contributed by atoms with van der Waals surface area (Å²) in [4.78, 5) is 11.7. The summed E-state index contributed by atoms with van der Waals surface area (Å²) in [6.07, 6.45) is 31.8. The van der Waals surface area contributed by atoms with Crippen LogP contribution in [0.5, 0.6) is 0 Å². The van der Waals surface area contributed by atoms with E-state index < -0.39 is 7.26 Å². The highest BCUT2D eigenvalue weighted by atomic mass is 35.5. The second kappa shape index (κ2) is 26.0. The van der Waals surface area contributed by atoms with Gasteiger partial charge in [-0.3, -0.25) is 0 Å². The molecule has 0 bridgehead atoms. The Bertz CT molecular complexity index is 457. The summed E-state index contributed by atoms with van der Waals surface area (Å²) < 4.78 is 5.64. The van der Waals surface area contributed by atoms with Crippen LogP contribution in [0.3, 0.4) is 0 Å². The lowest BCUT2D eigenvalue weighted by Crippen LogP contribution is -3.00. The van der Waals surface area contributed by atoms with Crippen LogP contribution in [0.1, 0.15) is 149 Å². The van der Waals surface area contributed by atoms with Crippen LogP contribution < -0.4 is 12.4 Å². The van der Waals surface area contributed by atoms with Crippen molar-refractivity contribution in [2.45, 2.75) is 155 Å². The smallest absolute Gasteiger partial charge is 0.333 e. The Kier molecular flexibility index (Phi) is 27.6. The van der Waals surface area contributed by atoms with Crippen LogP contribution in [0.25, 0.3) is 0 Å². The van der Waals surface area contributed by atoms with Crippen molar-refractivity contribution in [3.8, 4) is 0 Å². The van der Waals surface area contributed by atoms with Crippen molar-refractivity contribution in [1.29, 1.82) is 0 Å². The van der Waals surface area contributed by atoms with Crippen molar-refractivity contribution in [2.75, 3.05) is 19.0 Å². The lowest BCUT2D eigenvalue weighted by molar-refractivity contribution is -0.138. The Morgan fingerprint density at radius 3 is 1.35 bits per heavy atom. The number of carbonyl (C=O) groups excluding carboxylic acids is 1. The van der Waals surface area contributed by atoms with E-state index in [1.807, 2.05) is 0 Å². The standard InChI is InChI=1S/C30H60O2P.ClH/c1-6-9-11-12-13-14-15-16-17-18-19-20-21-22-23-24-25-26-28-33(5,27-10-7-2)29(4)32-30(31)8-3;/h8,29H,3,6-7,9-28H2,1-2,4-5H3;1H/q+1;/p-1. The highest BCUT2D eigenvalue weighted by Crippen LogP contribution is 2.61. The minimum absolute atomic E-state index is 0. The van der Waals surface area contributed by atoms with Crippen molar-refractivity contribution < 1.29 is 21.9 Å². The molecule has 0 fully saturated rings. The zero-order valence-electron chi connectivity index (χ0n) is 23.6. The summed E-state index contributed by atoms with van der Waals surface area (Å²) in [5.41, 5.74) is 0. The molecule has 2 atom stereocenters. The number of esters is 1. The van der Waals surface area contributed by atoms with Gasteiger partial charge in [-0.05, 0) is 19.3 Å². The number of rotatable bonds is 25. The molecule has 0 saturated heterocycles. The molecule has 0 aromatic heterocycles. The Balaban J connectivity index is 0. The number of hydrogen-bond acceptors (Lipinski definition) is 2. The van der Waals surface area contributed by atoms with Crippen LogP contribution in [0.4, 0.5) is 0 Å². The molecule has 0 aliphatic carbocycles. The van der Waals surface area contributed by atoms with E-state index in [0.717, 1.165) is 0 Å². The normalized spacial score (nSPS) is 13.6. The van der Waals surface area contributed by atoms with Crippen molar-refractivity contribution in [2.24, 2.45) is 0 Å². The molecule has 0 heterocycles. The largest absolute Gasteiger partial charge is 1.00 e. The zero-order chi connectivity index (χ0) is 24.6. The Morgan fingerprint density at radius 1 is 0.676 bits per heavy atom. The second-order valence-electron chi connectivity index (χ2n) is 10.5. The summed E-state index contributed by atoms with van der Waals surface area (Å²) in [5, 5.41) is 0. The lowest BCUT2D eigenvalue weighted by atomic mass is 10.0. The Morgan fingerprint density at radius 2 is 1.00 bits per heavy atom. The molecule has 0 aliphatic rings. The number of unbranched alkanes of at least 4 members (excludes halogenated alkanes) is 18. The molecule has 0 spiro atoms. The lowest BCUT2D eigenvalue weighted by Gasteiger charge is -2.28. The third-order valence-corrected chi connectivity index (χ3v) is 11.9. The SMILES string of the molecule is C=CC(=O)OC(C)[P+](C)(CCCC)CCCCCCCCCCCCCCCCCCCC.[Cl-]. The van der Waals surface area contributed by atoms with E-state index in [9.17, 15) is 4.79 Å². The fraction of sp³-hybridized carbons (Fsp3) is 0.900. The van der Waals surface area contributed by atoms with Gasteiger partial charge in [-0.15, -0.1) is 0 Å². The average molecular weight is 519 g/mol. The maximum atomic E-state index is 11.7. The first-order valence-electron chi connectivity index (χ1n) is 14.7. The monoisotopic (exact) mass is 518 g/mol. The predicted molar refractivity (Wildman–Crippen MR) is 152 cm³/mol. The van der Waals surface area contributed by atoms with Crippen molar-refractivity contribution in [1.82, 2.24) is 0 Å². The summed E-state index contributed by atoms with van der Waals surface area (Å²) >= 11 is 0. The first kappa shape index (κ1) is 36.1. The van der Waals surface area contributed by atoms with Gasteiger partial charge in [0.25, 0.3) is 0 Å². The number of hydrogen-bond donors (Lipinski definition) is 0. The van der Waals surface area contributed by atoms with Gasteiger partial charge in [0.1, 0.15) is 0 Å². The van der Waals surface area contributed by atoms with E-state index in [1.165, 1.54) is 147 Å². The average Bonchev–Trinajstić information content (AvgIpc) is 2.81. The first-order chi connectivity index (χ1) is 16.0. The van der Waals surface area contributed by atoms with Gasteiger partial charge in [-0.1, -0.05) is 130 Å². The van der Waals surface area contributed by atoms with Crippen LogP contribution in [0, 0.1) is 0 Å². The minimum Gasteiger partial charge on any atom is -1.00 e. The molecule has 204 valence electrons. The Labute approximate surface area is 221 Å². The third-order valence-electron chi connectivity index (χ3n) is 7.38. The number of halogens is 1. The van der Waals surface area contributed by atoms with Crippen molar-refractivity contribution in [3.05, 3.63) is 12.7 Å². The van der Waals surface area contributed by atoms with Gasteiger partial charge in [0.15, 0.2) is 0 Å². The summed E-state index contributed by atoms with van der Waals surface area (Å²) in [6, 6.07) is 0. The van der Waals surface area contributed by atoms with E-state index in [0.29, 0.717) is 0 Å². The molecule has 0 aliphatic heterocycles. The van der Waals surface area contributed by atoms with Crippen LogP contribution in [-0.4, -0.2) is 30.8 Å². The van der Waals surface area contributed by atoms with Crippen molar-refractivity contribution in [3.63, 3.8) is 0 Å².